The summed E-state index contributed by atoms with van der Waals surface area (Å²) in [7, 11) is 0. The lowest BCUT2D eigenvalue weighted by atomic mass is 10.2. The quantitative estimate of drug-likeness (QED) is 0.648. The summed E-state index contributed by atoms with van der Waals surface area (Å²) in [6, 6.07) is 12.3. The molecule has 0 N–H and O–H groups in total. The first kappa shape index (κ1) is 14.8. The predicted molar refractivity (Wildman–Crippen MR) is 91.0 cm³/mol. The lowest BCUT2D eigenvalue weighted by molar-refractivity contribution is 0.805. The molecule has 0 aliphatic rings. The molecule has 2 heterocycles. The molecule has 22 heavy (non-hydrogen) atoms. The van der Waals surface area contributed by atoms with Crippen molar-refractivity contribution < 1.29 is 0 Å². The molecule has 4 nitrogen and oxygen atoms in total. The van der Waals surface area contributed by atoms with Gasteiger partial charge in [-0.2, -0.15) is 0 Å². The van der Waals surface area contributed by atoms with Crippen LogP contribution in [-0.4, -0.2) is 25.3 Å². The Hall–Kier alpha value is -2.14. The average Bonchev–Trinajstić information content (AvgIpc) is 2.97. The second kappa shape index (κ2) is 7.22. The van der Waals surface area contributed by atoms with Gasteiger partial charge in [0, 0.05) is 17.6 Å². The van der Waals surface area contributed by atoms with Gasteiger partial charge in [0.15, 0.2) is 5.16 Å². The molecule has 0 radical (unpaired) electrons. The van der Waals surface area contributed by atoms with Crippen LogP contribution >= 0.6 is 11.8 Å². The monoisotopic (exact) mass is 310 g/mol. The molecule has 5 heteroatoms. The van der Waals surface area contributed by atoms with E-state index in [1.807, 2.05) is 24.3 Å². The molecule has 0 atom stereocenters. The third kappa shape index (κ3) is 3.36. The molecule has 3 aromatic rings. The summed E-state index contributed by atoms with van der Waals surface area (Å²) in [6.07, 6.45) is 8.18. The van der Waals surface area contributed by atoms with E-state index in [0.29, 0.717) is 5.78 Å². The molecule has 2 aromatic heterocycles. The number of fused-ring (bicyclic) bond motifs is 1. The first-order chi connectivity index (χ1) is 10.9. The Bertz CT molecular complexity index is 765. The van der Waals surface area contributed by atoms with Crippen molar-refractivity contribution in [3.8, 4) is 0 Å². The van der Waals surface area contributed by atoms with E-state index >= 15 is 0 Å². The van der Waals surface area contributed by atoms with E-state index in [2.05, 4.69) is 50.8 Å². The second-order valence-corrected chi connectivity index (χ2v) is 5.92. The van der Waals surface area contributed by atoms with Crippen molar-refractivity contribution >= 4 is 23.6 Å². The minimum atomic E-state index is 0.681. The summed E-state index contributed by atoms with van der Waals surface area (Å²) in [5.74, 6) is 1.54. The van der Waals surface area contributed by atoms with E-state index in [1.54, 1.807) is 18.0 Å². The van der Waals surface area contributed by atoms with Crippen LogP contribution in [0.1, 0.15) is 24.6 Å². The molecule has 0 bridgehead atoms. The van der Waals surface area contributed by atoms with Crippen LogP contribution < -0.4 is 0 Å². The number of thioether (sulfide) groups is 1. The predicted octanol–water partition coefficient (Wildman–Crippen LogP) is 3.88. The fourth-order valence-electron chi connectivity index (χ4n) is 2.28. The van der Waals surface area contributed by atoms with Crippen molar-refractivity contribution in [2.24, 2.45) is 0 Å². The average molecular weight is 310 g/mol. The van der Waals surface area contributed by atoms with E-state index in [-0.39, 0.29) is 0 Å². The number of nitrogens with zero attached hydrogens (tertiary/aromatic N) is 4. The highest BCUT2D eigenvalue weighted by Gasteiger charge is 2.09. The number of benzene rings is 1. The van der Waals surface area contributed by atoms with Crippen LogP contribution in [0.3, 0.4) is 0 Å². The van der Waals surface area contributed by atoms with Gasteiger partial charge >= 0.3 is 0 Å². The van der Waals surface area contributed by atoms with Crippen molar-refractivity contribution in [2.45, 2.75) is 24.9 Å². The smallest absolute Gasteiger partial charge is 0.255 e. The number of hydrogen-bond acceptors (Lipinski definition) is 4. The van der Waals surface area contributed by atoms with Gasteiger partial charge in [0.2, 0.25) is 0 Å². The van der Waals surface area contributed by atoms with E-state index in [4.69, 9.17) is 0 Å². The van der Waals surface area contributed by atoms with Gasteiger partial charge in [-0.15, -0.1) is 10.2 Å². The molecule has 0 aliphatic heterocycles. The molecule has 0 saturated heterocycles. The van der Waals surface area contributed by atoms with Crippen molar-refractivity contribution in [2.75, 3.05) is 5.75 Å². The Balaban J connectivity index is 1.73. The lowest BCUT2D eigenvalue weighted by Gasteiger charge is -2.04. The Kier molecular flexibility index (Phi) is 4.85. The molecule has 3 rings (SSSR count). The van der Waals surface area contributed by atoms with Crippen LogP contribution in [-0.2, 0) is 6.42 Å². The number of hydrogen-bond donors (Lipinski definition) is 0. The van der Waals surface area contributed by atoms with Crippen LogP contribution in [0.4, 0.5) is 0 Å². The molecular formula is C17H18N4S. The molecule has 0 spiro atoms. The van der Waals surface area contributed by atoms with Gasteiger partial charge in [-0.1, -0.05) is 67.6 Å². The van der Waals surface area contributed by atoms with Crippen molar-refractivity contribution in [3.05, 3.63) is 59.9 Å². The van der Waals surface area contributed by atoms with Crippen LogP contribution in [0.15, 0.2) is 53.8 Å². The zero-order valence-corrected chi connectivity index (χ0v) is 13.3. The number of aromatic nitrogens is 4. The molecule has 0 unspecified atom stereocenters. The second-order valence-electron chi connectivity index (χ2n) is 4.93. The van der Waals surface area contributed by atoms with Crippen LogP contribution in [0.5, 0.6) is 0 Å². The maximum atomic E-state index is 4.28. The normalized spacial score (nSPS) is 11.5. The molecule has 0 amide bonds. The summed E-state index contributed by atoms with van der Waals surface area (Å²) in [5, 5.41) is 9.32. The van der Waals surface area contributed by atoms with Crippen LogP contribution in [0, 0.1) is 0 Å². The zero-order chi connectivity index (χ0) is 15.2. The third-order valence-corrected chi connectivity index (χ3v) is 4.17. The minimum Gasteiger partial charge on any atom is -0.258 e. The number of aryl methyl sites for hydroxylation is 1. The van der Waals surface area contributed by atoms with Crippen molar-refractivity contribution in [1.29, 1.82) is 0 Å². The highest BCUT2D eigenvalue weighted by Crippen LogP contribution is 2.19. The molecule has 112 valence electrons. The van der Waals surface area contributed by atoms with Crippen LogP contribution in [0.2, 0.25) is 0 Å². The molecular weight excluding hydrogens is 292 g/mol. The Morgan fingerprint density at radius 1 is 1.14 bits per heavy atom. The van der Waals surface area contributed by atoms with Gasteiger partial charge in [0.25, 0.3) is 5.78 Å². The van der Waals surface area contributed by atoms with E-state index in [0.717, 1.165) is 23.8 Å². The Labute approximate surface area is 134 Å². The Morgan fingerprint density at radius 2 is 2.00 bits per heavy atom. The summed E-state index contributed by atoms with van der Waals surface area (Å²) in [5.41, 5.74) is 2.43. The molecule has 0 saturated carbocycles. The highest BCUT2D eigenvalue weighted by molar-refractivity contribution is 7.99. The van der Waals surface area contributed by atoms with Crippen molar-refractivity contribution in [3.63, 3.8) is 0 Å². The third-order valence-electron chi connectivity index (χ3n) is 3.29. The first-order valence-electron chi connectivity index (χ1n) is 7.42. The lowest BCUT2D eigenvalue weighted by Crippen LogP contribution is -1.99. The highest BCUT2D eigenvalue weighted by atomic mass is 32.2. The summed E-state index contributed by atoms with van der Waals surface area (Å²) < 4.78 is 2.06. The van der Waals surface area contributed by atoms with E-state index < -0.39 is 0 Å². The van der Waals surface area contributed by atoms with Crippen LogP contribution in [0.25, 0.3) is 11.9 Å². The topological polar surface area (TPSA) is 43.1 Å². The van der Waals surface area contributed by atoms with Gasteiger partial charge < -0.3 is 0 Å². The van der Waals surface area contributed by atoms with Gasteiger partial charge in [0.05, 0.1) is 0 Å². The fraction of sp³-hybridized carbons (Fsp3) is 0.235. The molecule has 1 aromatic carbocycles. The number of rotatable bonds is 6. The maximum Gasteiger partial charge on any atom is 0.255 e. The van der Waals surface area contributed by atoms with E-state index in [9.17, 15) is 0 Å². The summed E-state index contributed by atoms with van der Waals surface area (Å²) in [4.78, 5) is 4.28. The summed E-state index contributed by atoms with van der Waals surface area (Å²) in [6.45, 7) is 2.17. The first-order valence-corrected chi connectivity index (χ1v) is 8.40. The van der Waals surface area contributed by atoms with Crippen molar-refractivity contribution in [1.82, 2.24) is 19.6 Å². The largest absolute Gasteiger partial charge is 0.258 e. The molecule has 0 aliphatic carbocycles. The SMILES string of the molecule is CCCc1ccnc2nnc(SC/C=C/c3ccccc3)n12. The van der Waals surface area contributed by atoms with Gasteiger partial charge in [-0.05, 0) is 18.1 Å². The minimum absolute atomic E-state index is 0.681. The van der Waals surface area contributed by atoms with Gasteiger partial charge in [0.1, 0.15) is 0 Å². The zero-order valence-electron chi connectivity index (χ0n) is 12.5. The van der Waals surface area contributed by atoms with Gasteiger partial charge in [-0.25, -0.2) is 4.98 Å². The van der Waals surface area contributed by atoms with Gasteiger partial charge in [-0.3, -0.25) is 4.40 Å². The van der Waals surface area contributed by atoms with E-state index in [1.165, 1.54) is 11.3 Å². The Morgan fingerprint density at radius 3 is 2.82 bits per heavy atom. The fourth-order valence-corrected chi connectivity index (χ4v) is 3.05. The standard InChI is InChI=1S/C17H18N4S/c1-2-7-15-11-12-18-16-19-20-17(21(15)16)22-13-6-10-14-8-4-3-5-9-14/h3-6,8-12H,2,7,13H2,1H3/b10-6+. The molecule has 0 fully saturated rings. The summed E-state index contributed by atoms with van der Waals surface area (Å²) >= 11 is 1.68. The maximum absolute atomic E-state index is 4.28.